The number of nitrogens with zero attached hydrogens (tertiary/aromatic N) is 2. The second kappa shape index (κ2) is 7.40. The van der Waals surface area contributed by atoms with Crippen LogP contribution >= 0.6 is 0 Å². The minimum absolute atomic E-state index is 0.517. The lowest BCUT2D eigenvalue weighted by Crippen LogP contribution is -2.45. The second-order valence-electron chi connectivity index (χ2n) is 5.35. The molecule has 0 radical (unpaired) electrons. The van der Waals surface area contributed by atoms with Crippen molar-refractivity contribution in [2.75, 3.05) is 46.4 Å². The Balaban J connectivity index is 1.87. The van der Waals surface area contributed by atoms with Crippen LogP contribution < -0.4 is 10.5 Å². The molecule has 1 aromatic rings. The number of aliphatic carboxylic acids is 1. The van der Waals surface area contributed by atoms with Crippen molar-refractivity contribution in [1.82, 2.24) is 9.80 Å². The molecule has 1 aliphatic rings. The number of para-hydroxylation sites is 1. The Bertz CT molecular complexity index is 473. The number of likely N-dealkylation sites (N-methyl/N-ethyl adjacent to an activating group) is 1. The molecule has 0 bridgehead atoms. The third-order valence-electron chi connectivity index (χ3n) is 3.78. The van der Waals surface area contributed by atoms with Gasteiger partial charge in [0.15, 0.2) is 0 Å². The first kappa shape index (κ1) is 15.8. The Morgan fingerprint density at radius 1 is 1.33 bits per heavy atom. The van der Waals surface area contributed by atoms with E-state index in [0.29, 0.717) is 17.9 Å². The van der Waals surface area contributed by atoms with Gasteiger partial charge in [-0.2, -0.15) is 0 Å². The van der Waals surface area contributed by atoms with Gasteiger partial charge in [-0.3, -0.25) is 9.69 Å². The molecule has 3 N–H and O–H groups in total. The van der Waals surface area contributed by atoms with Crippen molar-refractivity contribution in [3.05, 3.63) is 29.8 Å². The molecule has 116 valence electrons. The number of hydrogen-bond acceptors (Lipinski definition) is 5. The molecule has 6 nitrogen and oxygen atoms in total. The maximum atomic E-state index is 11.0. The number of carboxylic acids is 1. The fourth-order valence-electron chi connectivity index (χ4n) is 2.36. The summed E-state index contributed by atoms with van der Waals surface area (Å²) in [7, 11) is 2.12. The van der Waals surface area contributed by atoms with Crippen molar-refractivity contribution in [1.29, 1.82) is 0 Å². The standard InChI is InChI=1S/C15H23N3O3/c1-17-6-8-18(9-7-17)10-11-21-13-5-3-2-4-12(13)14(16)15(19)20/h2-5,14H,6-11,16H2,1H3,(H,19,20)/t14-/m0/s1. The normalized spacial score (nSPS) is 18.4. The minimum Gasteiger partial charge on any atom is -0.492 e. The summed E-state index contributed by atoms with van der Waals surface area (Å²) in [6, 6.07) is 6.01. The SMILES string of the molecule is CN1CCN(CCOc2ccccc2[C@H](N)C(=O)O)CC1. The van der Waals surface area contributed by atoms with Crippen LogP contribution in [0.2, 0.25) is 0 Å². The van der Waals surface area contributed by atoms with E-state index in [0.717, 1.165) is 32.7 Å². The molecule has 1 saturated heterocycles. The Morgan fingerprint density at radius 2 is 2.00 bits per heavy atom. The van der Waals surface area contributed by atoms with Gasteiger partial charge in [0.2, 0.25) is 0 Å². The van der Waals surface area contributed by atoms with Crippen molar-refractivity contribution in [2.24, 2.45) is 5.73 Å². The van der Waals surface area contributed by atoms with E-state index in [2.05, 4.69) is 16.8 Å². The highest BCUT2D eigenvalue weighted by Crippen LogP contribution is 2.23. The van der Waals surface area contributed by atoms with Gasteiger partial charge < -0.3 is 20.5 Å². The molecule has 1 aromatic carbocycles. The van der Waals surface area contributed by atoms with Crippen LogP contribution in [-0.4, -0.2) is 67.3 Å². The number of nitrogens with two attached hydrogens (primary N) is 1. The van der Waals surface area contributed by atoms with Gasteiger partial charge in [-0.25, -0.2) is 0 Å². The van der Waals surface area contributed by atoms with Crippen LogP contribution in [-0.2, 0) is 4.79 Å². The summed E-state index contributed by atoms with van der Waals surface area (Å²) >= 11 is 0. The predicted octanol–water partition coefficient (Wildman–Crippen LogP) is 0.397. The topological polar surface area (TPSA) is 79.0 Å². The number of benzene rings is 1. The highest BCUT2D eigenvalue weighted by molar-refractivity contribution is 5.76. The smallest absolute Gasteiger partial charge is 0.325 e. The number of hydrogen-bond donors (Lipinski definition) is 2. The Morgan fingerprint density at radius 3 is 2.67 bits per heavy atom. The molecular weight excluding hydrogens is 270 g/mol. The second-order valence-corrected chi connectivity index (χ2v) is 5.35. The quantitative estimate of drug-likeness (QED) is 0.790. The number of piperazine rings is 1. The number of ether oxygens (including phenoxy) is 1. The van der Waals surface area contributed by atoms with E-state index in [1.165, 1.54) is 0 Å². The molecule has 6 heteroatoms. The van der Waals surface area contributed by atoms with E-state index < -0.39 is 12.0 Å². The van der Waals surface area contributed by atoms with E-state index in [1.807, 2.05) is 6.07 Å². The van der Waals surface area contributed by atoms with Crippen molar-refractivity contribution >= 4 is 5.97 Å². The van der Waals surface area contributed by atoms with Crippen LogP contribution in [0.1, 0.15) is 11.6 Å². The summed E-state index contributed by atoms with van der Waals surface area (Å²) in [5.74, 6) is -0.494. The van der Waals surface area contributed by atoms with Crippen molar-refractivity contribution < 1.29 is 14.6 Å². The number of carbonyl (C=O) groups is 1. The van der Waals surface area contributed by atoms with Gasteiger partial charge in [0.25, 0.3) is 0 Å². The molecular formula is C15H23N3O3. The molecule has 1 aliphatic heterocycles. The van der Waals surface area contributed by atoms with Crippen molar-refractivity contribution in [3.63, 3.8) is 0 Å². The van der Waals surface area contributed by atoms with Crippen LogP contribution in [0.25, 0.3) is 0 Å². The van der Waals surface area contributed by atoms with Gasteiger partial charge in [-0.15, -0.1) is 0 Å². The van der Waals surface area contributed by atoms with Gasteiger partial charge >= 0.3 is 5.97 Å². The lowest BCUT2D eigenvalue weighted by atomic mass is 10.1. The third kappa shape index (κ3) is 4.42. The summed E-state index contributed by atoms with van der Waals surface area (Å²) in [6.07, 6.45) is 0. The summed E-state index contributed by atoms with van der Waals surface area (Å²) in [5.41, 5.74) is 6.19. The predicted molar refractivity (Wildman–Crippen MR) is 80.4 cm³/mol. The Hall–Kier alpha value is -1.63. The van der Waals surface area contributed by atoms with Crippen LogP contribution in [0.15, 0.2) is 24.3 Å². The molecule has 0 aromatic heterocycles. The van der Waals surface area contributed by atoms with Crippen LogP contribution in [0.4, 0.5) is 0 Å². The summed E-state index contributed by atoms with van der Waals surface area (Å²) in [6.45, 7) is 5.59. The Labute approximate surface area is 125 Å². The monoisotopic (exact) mass is 293 g/mol. The van der Waals surface area contributed by atoms with Crippen LogP contribution in [0.5, 0.6) is 5.75 Å². The van der Waals surface area contributed by atoms with Crippen LogP contribution in [0.3, 0.4) is 0 Å². The zero-order valence-electron chi connectivity index (χ0n) is 12.4. The minimum atomic E-state index is -1.05. The van der Waals surface area contributed by atoms with Crippen LogP contribution in [0, 0.1) is 0 Å². The molecule has 0 aliphatic carbocycles. The van der Waals surface area contributed by atoms with E-state index >= 15 is 0 Å². The highest BCUT2D eigenvalue weighted by atomic mass is 16.5. The average Bonchev–Trinajstić information content (AvgIpc) is 2.49. The van der Waals surface area contributed by atoms with E-state index in [1.54, 1.807) is 18.2 Å². The fourth-order valence-corrected chi connectivity index (χ4v) is 2.36. The van der Waals surface area contributed by atoms with E-state index in [4.69, 9.17) is 15.6 Å². The number of rotatable bonds is 6. The molecule has 21 heavy (non-hydrogen) atoms. The highest BCUT2D eigenvalue weighted by Gasteiger charge is 2.19. The first-order chi connectivity index (χ1) is 10.1. The van der Waals surface area contributed by atoms with Gasteiger partial charge in [0, 0.05) is 38.3 Å². The van der Waals surface area contributed by atoms with E-state index in [-0.39, 0.29) is 0 Å². The van der Waals surface area contributed by atoms with Gasteiger partial charge in [0.1, 0.15) is 18.4 Å². The molecule has 1 heterocycles. The molecule has 0 saturated carbocycles. The molecule has 0 unspecified atom stereocenters. The molecule has 1 fully saturated rings. The van der Waals surface area contributed by atoms with E-state index in [9.17, 15) is 4.79 Å². The summed E-state index contributed by atoms with van der Waals surface area (Å²) in [5, 5.41) is 9.02. The summed E-state index contributed by atoms with van der Waals surface area (Å²) < 4.78 is 5.74. The lowest BCUT2D eigenvalue weighted by molar-refractivity contribution is -0.138. The maximum Gasteiger partial charge on any atom is 0.325 e. The molecule has 1 atom stereocenters. The molecule has 0 spiro atoms. The van der Waals surface area contributed by atoms with Gasteiger partial charge in [0.05, 0.1) is 0 Å². The first-order valence-corrected chi connectivity index (χ1v) is 7.19. The molecule has 2 rings (SSSR count). The van der Waals surface area contributed by atoms with Crippen molar-refractivity contribution in [2.45, 2.75) is 6.04 Å². The average molecular weight is 293 g/mol. The first-order valence-electron chi connectivity index (χ1n) is 7.19. The third-order valence-corrected chi connectivity index (χ3v) is 3.78. The lowest BCUT2D eigenvalue weighted by Gasteiger charge is -2.32. The zero-order chi connectivity index (χ0) is 15.2. The maximum absolute atomic E-state index is 11.0. The largest absolute Gasteiger partial charge is 0.492 e. The molecule has 0 amide bonds. The fraction of sp³-hybridized carbons (Fsp3) is 0.533. The van der Waals surface area contributed by atoms with Gasteiger partial charge in [-0.05, 0) is 13.1 Å². The number of carboxylic acid groups (broad SMARTS) is 1. The zero-order valence-corrected chi connectivity index (χ0v) is 12.4. The van der Waals surface area contributed by atoms with Crippen molar-refractivity contribution in [3.8, 4) is 5.75 Å². The van der Waals surface area contributed by atoms with Gasteiger partial charge in [-0.1, -0.05) is 18.2 Å². The summed E-state index contributed by atoms with van der Waals surface area (Å²) in [4.78, 5) is 15.7. The Kier molecular flexibility index (Phi) is 5.55.